The zero-order chi connectivity index (χ0) is 22.2. The maximum Gasteiger partial charge on any atom is 0.233 e. The van der Waals surface area contributed by atoms with Crippen molar-refractivity contribution in [2.75, 3.05) is 29.6 Å². The van der Waals surface area contributed by atoms with Crippen LogP contribution in [0.25, 0.3) is 22.7 Å². The molecule has 1 N–H and O–H groups in total. The lowest BCUT2D eigenvalue weighted by molar-refractivity contribution is 0.599. The quantitative estimate of drug-likeness (QED) is 0.474. The molecule has 11 heteroatoms. The number of rotatable bonds is 6. The second kappa shape index (κ2) is 8.12. The molecule has 3 heterocycles. The normalized spacial score (nSPS) is 11.6. The molecule has 160 valence electrons. The second-order valence-electron chi connectivity index (χ2n) is 7.06. The Morgan fingerprint density at radius 1 is 1.06 bits per heavy atom. The van der Waals surface area contributed by atoms with Crippen LogP contribution in [0.5, 0.6) is 0 Å². The van der Waals surface area contributed by atoms with Gasteiger partial charge in [-0.15, -0.1) is 0 Å². The summed E-state index contributed by atoms with van der Waals surface area (Å²) in [6.45, 7) is 0.398. The minimum absolute atomic E-state index is 0.375. The molecule has 0 fully saturated rings. The van der Waals surface area contributed by atoms with Gasteiger partial charge >= 0.3 is 0 Å². The molecule has 0 amide bonds. The van der Waals surface area contributed by atoms with Crippen molar-refractivity contribution in [2.24, 2.45) is 0 Å². The van der Waals surface area contributed by atoms with Crippen molar-refractivity contribution in [3.63, 3.8) is 0 Å². The summed E-state index contributed by atoms with van der Waals surface area (Å²) in [6.07, 6.45) is 4.37. The van der Waals surface area contributed by atoms with Gasteiger partial charge in [0.15, 0.2) is 11.6 Å². The maximum absolute atomic E-state index is 12.0. The summed E-state index contributed by atoms with van der Waals surface area (Å²) in [6, 6.07) is 10.8. The van der Waals surface area contributed by atoms with E-state index < -0.39 is 10.0 Å². The Morgan fingerprint density at radius 2 is 1.87 bits per heavy atom. The zero-order valence-corrected chi connectivity index (χ0v) is 18.7. The monoisotopic (exact) mass is 457 g/mol. The van der Waals surface area contributed by atoms with Crippen molar-refractivity contribution >= 4 is 44.3 Å². The number of hydrogen-bond acceptors (Lipinski definition) is 7. The van der Waals surface area contributed by atoms with Crippen LogP contribution in [0.1, 0.15) is 5.56 Å². The summed E-state index contributed by atoms with van der Waals surface area (Å²) in [5.41, 5.74) is 2.32. The number of H-pyrrole nitrogens is 1. The summed E-state index contributed by atoms with van der Waals surface area (Å²) in [4.78, 5) is 22.8. The number of pyridine rings is 1. The van der Waals surface area contributed by atoms with Crippen molar-refractivity contribution < 1.29 is 8.42 Å². The molecular formula is C20H20ClN7O2S. The molecule has 0 bridgehead atoms. The lowest BCUT2D eigenvalue weighted by Crippen LogP contribution is -2.28. The summed E-state index contributed by atoms with van der Waals surface area (Å²) in [5.74, 6) is 2.00. The van der Waals surface area contributed by atoms with Gasteiger partial charge in [0.25, 0.3) is 0 Å². The van der Waals surface area contributed by atoms with Crippen LogP contribution in [-0.2, 0) is 16.6 Å². The van der Waals surface area contributed by atoms with Crippen molar-refractivity contribution in [1.82, 2.24) is 24.9 Å². The van der Waals surface area contributed by atoms with E-state index >= 15 is 0 Å². The number of benzene rings is 1. The number of aromatic amines is 1. The van der Waals surface area contributed by atoms with Gasteiger partial charge in [-0.3, -0.25) is 4.31 Å². The number of sulfonamides is 1. The maximum atomic E-state index is 12.0. The van der Waals surface area contributed by atoms with Crippen LogP contribution in [0.2, 0.25) is 5.02 Å². The second-order valence-corrected chi connectivity index (χ2v) is 9.51. The van der Waals surface area contributed by atoms with E-state index in [0.717, 1.165) is 22.9 Å². The smallest absolute Gasteiger partial charge is 0.233 e. The molecule has 0 saturated heterocycles. The number of halogens is 1. The van der Waals surface area contributed by atoms with E-state index in [-0.39, 0.29) is 0 Å². The van der Waals surface area contributed by atoms with Crippen LogP contribution in [0.15, 0.2) is 48.8 Å². The molecule has 0 aliphatic carbocycles. The first-order valence-electron chi connectivity index (χ1n) is 9.30. The lowest BCUT2D eigenvalue weighted by atomic mass is 10.2. The molecule has 9 nitrogen and oxygen atoms in total. The van der Waals surface area contributed by atoms with Crippen LogP contribution < -0.4 is 9.21 Å². The minimum atomic E-state index is -3.43. The van der Waals surface area contributed by atoms with Gasteiger partial charge in [-0.2, -0.15) is 0 Å². The van der Waals surface area contributed by atoms with Gasteiger partial charge in [0.2, 0.25) is 10.0 Å². The first-order valence-corrected chi connectivity index (χ1v) is 11.5. The molecule has 0 spiro atoms. The molecule has 4 aromatic rings. The molecule has 3 aromatic heterocycles. The molecular weight excluding hydrogens is 438 g/mol. The van der Waals surface area contributed by atoms with Crippen LogP contribution in [-0.4, -0.2) is 53.7 Å². The molecule has 0 aliphatic rings. The highest BCUT2D eigenvalue weighted by atomic mass is 35.5. The highest BCUT2D eigenvalue weighted by Gasteiger charge is 2.18. The summed E-state index contributed by atoms with van der Waals surface area (Å²) >= 11 is 6.05. The van der Waals surface area contributed by atoms with E-state index in [1.54, 1.807) is 36.7 Å². The molecule has 0 aliphatic heterocycles. The topological polar surface area (TPSA) is 108 Å². The Labute approximate surface area is 184 Å². The average Bonchev–Trinajstić information content (AvgIpc) is 3.16. The number of nitrogens with one attached hydrogen (secondary N) is 1. The Bertz CT molecular complexity index is 1360. The molecule has 0 atom stereocenters. The van der Waals surface area contributed by atoms with E-state index in [1.807, 2.05) is 24.1 Å². The van der Waals surface area contributed by atoms with E-state index in [4.69, 9.17) is 11.6 Å². The minimum Gasteiger partial charge on any atom is -0.355 e. The van der Waals surface area contributed by atoms with Gasteiger partial charge in [-0.05, 0) is 30.3 Å². The number of nitrogens with zero attached hydrogens (tertiary/aromatic N) is 6. The van der Waals surface area contributed by atoms with Crippen LogP contribution in [0, 0.1) is 0 Å². The van der Waals surface area contributed by atoms with E-state index in [9.17, 15) is 8.42 Å². The van der Waals surface area contributed by atoms with Gasteiger partial charge in [-0.25, -0.2) is 28.4 Å². The number of aromatic nitrogens is 5. The van der Waals surface area contributed by atoms with Crippen molar-refractivity contribution in [3.05, 3.63) is 59.4 Å². The summed E-state index contributed by atoms with van der Waals surface area (Å²) < 4.78 is 25.1. The van der Waals surface area contributed by atoms with Gasteiger partial charge in [0.05, 0.1) is 17.3 Å². The third kappa shape index (κ3) is 4.44. The van der Waals surface area contributed by atoms with Crippen molar-refractivity contribution in [1.29, 1.82) is 0 Å². The lowest BCUT2D eigenvalue weighted by Gasteiger charge is -2.23. The van der Waals surface area contributed by atoms with E-state index in [1.165, 1.54) is 11.4 Å². The standard InChI is InChI=1S/C20H20ClN7O2S/c1-27(12-13-5-4-9-23-20(13)28(2)31(3,29)30)17-8-10-22-18(26-17)19-24-15-7-6-14(21)11-16(15)25-19/h4-11H,12H2,1-3H3,(H,24,25). The third-order valence-electron chi connectivity index (χ3n) is 4.76. The van der Waals surface area contributed by atoms with Gasteiger partial charge in [0.1, 0.15) is 11.6 Å². The fourth-order valence-corrected chi connectivity index (χ4v) is 3.75. The fourth-order valence-electron chi connectivity index (χ4n) is 3.09. The predicted octanol–water partition coefficient (Wildman–Crippen LogP) is 3.10. The van der Waals surface area contributed by atoms with E-state index in [0.29, 0.717) is 34.9 Å². The number of imidazole rings is 1. The Morgan fingerprint density at radius 3 is 2.65 bits per heavy atom. The number of fused-ring (bicyclic) bond motifs is 1. The van der Waals surface area contributed by atoms with Crippen LogP contribution in [0.4, 0.5) is 11.6 Å². The Balaban J connectivity index is 1.63. The molecule has 4 rings (SSSR count). The van der Waals surface area contributed by atoms with Gasteiger partial charge < -0.3 is 9.88 Å². The Kier molecular flexibility index (Phi) is 5.50. The van der Waals surface area contributed by atoms with Crippen LogP contribution >= 0.6 is 11.6 Å². The number of anilines is 2. The Hall–Kier alpha value is -3.24. The molecule has 0 saturated carbocycles. The summed E-state index contributed by atoms with van der Waals surface area (Å²) in [7, 11) is -0.0858. The largest absolute Gasteiger partial charge is 0.355 e. The average molecular weight is 458 g/mol. The van der Waals surface area contributed by atoms with Gasteiger partial charge in [-0.1, -0.05) is 17.7 Å². The molecule has 0 unspecified atom stereocenters. The SMILES string of the molecule is CN(Cc1cccnc1N(C)S(C)(=O)=O)c1ccnc(-c2nc3ccc(Cl)cc3[nH]2)n1. The zero-order valence-electron chi connectivity index (χ0n) is 17.1. The first kappa shape index (κ1) is 21.0. The molecule has 1 aromatic carbocycles. The van der Waals surface area contributed by atoms with Gasteiger partial charge in [0, 0.05) is 43.6 Å². The predicted molar refractivity (Wildman–Crippen MR) is 122 cm³/mol. The van der Waals surface area contributed by atoms with Crippen LogP contribution in [0.3, 0.4) is 0 Å². The third-order valence-corrected chi connectivity index (χ3v) is 6.16. The molecule has 0 radical (unpaired) electrons. The van der Waals surface area contributed by atoms with E-state index in [2.05, 4.69) is 24.9 Å². The van der Waals surface area contributed by atoms with Crippen molar-refractivity contribution in [2.45, 2.75) is 6.54 Å². The number of hydrogen-bond donors (Lipinski definition) is 1. The fraction of sp³-hybridized carbons (Fsp3) is 0.200. The summed E-state index contributed by atoms with van der Waals surface area (Å²) in [5, 5.41) is 0.614. The van der Waals surface area contributed by atoms with Crippen molar-refractivity contribution in [3.8, 4) is 11.6 Å². The molecule has 31 heavy (non-hydrogen) atoms. The first-order chi connectivity index (χ1) is 14.7. The highest BCUT2D eigenvalue weighted by molar-refractivity contribution is 7.92. The highest BCUT2D eigenvalue weighted by Crippen LogP contribution is 2.24.